The molecule has 4 heterocycles. The fourth-order valence-electron chi connectivity index (χ4n) is 2.84. The number of carbonyl (C=O) groups excluding carboxylic acids is 1. The summed E-state index contributed by atoms with van der Waals surface area (Å²) in [6.45, 7) is 4.69. The highest BCUT2D eigenvalue weighted by Crippen LogP contribution is 2.19. The van der Waals surface area contributed by atoms with Gasteiger partial charge in [0.25, 0.3) is 5.91 Å². The van der Waals surface area contributed by atoms with Gasteiger partial charge in [-0.3, -0.25) is 9.36 Å². The van der Waals surface area contributed by atoms with Gasteiger partial charge in [-0.2, -0.15) is 0 Å². The van der Waals surface area contributed by atoms with Crippen molar-refractivity contribution < 1.29 is 4.79 Å². The molecule has 1 amide bonds. The first-order chi connectivity index (χ1) is 12.2. The molecule has 0 radical (unpaired) electrons. The number of hydrogen-bond donors (Lipinski definition) is 0. The van der Waals surface area contributed by atoms with Gasteiger partial charge < -0.3 is 9.80 Å². The molecule has 1 aliphatic rings. The molecule has 0 aromatic carbocycles. The number of imidazole rings is 1. The summed E-state index contributed by atoms with van der Waals surface area (Å²) in [6.07, 6.45) is 6.83. The van der Waals surface area contributed by atoms with Crippen molar-refractivity contribution in [3.05, 3.63) is 47.2 Å². The molecule has 8 nitrogen and oxygen atoms in total. The minimum atomic E-state index is 0.0708. The first-order valence-corrected chi connectivity index (χ1v) is 8.85. The van der Waals surface area contributed by atoms with E-state index in [0.717, 1.165) is 35.3 Å². The molecule has 0 bridgehead atoms. The zero-order valence-corrected chi connectivity index (χ0v) is 14.6. The fraction of sp³-hybridized carbons (Fsp3) is 0.312. The number of nitrogens with zero attached hydrogens (tertiary/aromatic N) is 7. The highest BCUT2D eigenvalue weighted by Gasteiger charge is 2.25. The van der Waals surface area contributed by atoms with E-state index in [-0.39, 0.29) is 5.91 Å². The van der Waals surface area contributed by atoms with Crippen LogP contribution in [0.25, 0.3) is 5.82 Å². The van der Waals surface area contributed by atoms with Gasteiger partial charge in [-0.05, 0) is 6.92 Å². The van der Waals surface area contributed by atoms with E-state index >= 15 is 0 Å². The van der Waals surface area contributed by atoms with Crippen molar-refractivity contribution in [1.82, 2.24) is 29.4 Å². The van der Waals surface area contributed by atoms with E-state index in [4.69, 9.17) is 0 Å². The average molecular weight is 355 g/mol. The second kappa shape index (κ2) is 6.60. The molecule has 1 saturated heterocycles. The van der Waals surface area contributed by atoms with Crippen LogP contribution in [0.15, 0.2) is 36.6 Å². The lowest BCUT2D eigenvalue weighted by Crippen LogP contribution is -2.49. The molecule has 0 unspecified atom stereocenters. The van der Waals surface area contributed by atoms with Gasteiger partial charge in [0.2, 0.25) is 0 Å². The Morgan fingerprint density at radius 3 is 2.60 bits per heavy atom. The smallest absolute Gasteiger partial charge is 0.265 e. The Morgan fingerprint density at radius 1 is 1.12 bits per heavy atom. The lowest BCUT2D eigenvalue weighted by atomic mass is 10.2. The van der Waals surface area contributed by atoms with Gasteiger partial charge in [0.1, 0.15) is 29.2 Å². The van der Waals surface area contributed by atoms with Crippen LogP contribution in [0.5, 0.6) is 0 Å². The molecule has 128 valence electrons. The predicted octanol–water partition coefficient (Wildman–Crippen LogP) is 1.39. The summed E-state index contributed by atoms with van der Waals surface area (Å²) >= 11 is 1.40. The van der Waals surface area contributed by atoms with E-state index in [1.165, 1.54) is 11.3 Å². The van der Waals surface area contributed by atoms with Gasteiger partial charge in [0.05, 0.1) is 11.2 Å². The Labute approximate surface area is 148 Å². The Kier molecular flexibility index (Phi) is 4.14. The molecule has 0 saturated carbocycles. The quantitative estimate of drug-likeness (QED) is 0.706. The Balaban J connectivity index is 1.45. The number of aromatic nitrogens is 5. The third-order valence-electron chi connectivity index (χ3n) is 4.24. The van der Waals surface area contributed by atoms with Crippen LogP contribution < -0.4 is 4.90 Å². The van der Waals surface area contributed by atoms with E-state index in [9.17, 15) is 4.79 Å². The summed E-state index contributed by atoms with van der Waals surface area (Å²) in [5.41, 5.74) is 2.52. The number of amides is 1. The molecule has 1 fully saturated rings. The second-order valence-corrected chi connectivity index (χ2v) is 6.61. The highest BCUT2D eigenvalue weighted by atomic mass is 32.1. The van der Waals surface area contributed by atoms with Crippen LogP contribution >= 0.6 is 11.3 Å². The van der Waals surface area contributed by atoms with E-state index in [2.05, 4.69) is 24.8 Å². The predicted molar refractivity (Wildman–Crippen MR) is 94.1 cm³/mol. The van der Waals surface area contributed by atoms with E-state index < -0.39 is 0 Å². The fourth-order valence-corrected chi connectivity index (χ4v) is 3.60. The molecule has 25 heavy (non-hydrogen) atoms. The molecular formula is C16H17N7OS. The number of rotatable bonds is 3. The summed E-state index contributed by atoms with van der Waals surface area (Å²) in [7, 11) is 0. The van der Waals surface area contributed by atoms with Gasteiger partial charge in [-0.15, -0.1) is 11.3 Å². The van der Waals surface area contributed by atoms with Crippen LogP contribution in [0, 0.1) is 6.92 Å². The van der Waals surface area contributed by atoms with Gasteiger partial charge >= 0.3 is 0 Å². The van der Waals surface area contributed by atoms with Gasteiger partial charge in [-0.25, -0.2) is 19.9 Å². The number of piperazine rings is 1. The number of aryl methyl sites for hydroxylation is 1. The van der Waals surface area contributed by atoms with Crippen molar-refractivity contribution in [2.45, 2.75) is 6.92 Å². The van der Waals surface area contributed by atoms with Crippen molar-refractivity contribution >= 4 is 23.1 Å². The molecule has 3 aromatic heterocycles. The third kappa shape index (κ3) is 3.10. The average Bonchev–Trinajstić information content (AvgIpc) is 3.33. The molecule has 0 spiro atoms. The maximum absolute atomic E-state index is 12.6. The number of thiazole rings is 1. The monoisotopic (exact) mass is 355 g/mol. The maximum Gasteiger partial charge on any atom is 0.265 e. The zero-order valence-electron chi connectivity index (χ0n) is 13.7. The SMILES string of the molecule is Cc1ncsc1C(=O)N1CCN(c2cc(-n3ccnc3)ncn2)CC1. The van der Waals surface area contributed by atoms with E-state index in [1.54, 1.807) is 24.4 Å². The van der Waals surface area contributed by atoms with Crippen molar-refractivity contribution in [2.24, 2.45) is 0 Å². The van der Waals surface area contributed by atoms with Crippen LogP contribution in [0.3, 0.4) is 0 Å². The van der Waals surface area contributed by atoms with Gasteiger partial charge in [0.15, 0.2) is 0 Å². The standard InChI is InChI=1S/C16H17N7OS/c1-12-15(25-11-20-12)16(24)22-6-4-21(5-7-22)13-8-14(19-9-18-13)23-3-2-17-10-23/h2-3,8-11H,4-7H2,1H3. The van der Waals surface area contributed by atoms with Crippen LogP contribution in [-0.4, -0.2) is 61.5 Å². The number of carbonyl (C=O) groups is 1. The number of hydrogen-bond acceptors (Lipinski definition) is 7. The minimum absolute atomic E-state index is 0.0708. The van der Waals surface area contributed by atoms with Gasteiger partial charge in [-0.1, -0.05) is 0 Å². The molecule has 3 aromatic rings. The highest BCUT2D eigenvalue weighted by molar-refractivity contribution is 7.11. The second-order valence-electron chi connectivity index (χ2n) is 5.75. The van der Waals surface area contributed by atoms with Crippen LogP contribution in [0.2, 0.25) is 0 Å². The minimum Gasteiger partial charge on any atom is -0.353 e. The molecule has 0 atom stereocenters. The van der Waals surface area contributed by atoms with Crippen molar-refractivity contribution in [3.63, 3.8) is 0 Å². The zero-order chi connectivity index (χ0) is 17.2. The Hall–Kier alpha value is -2.81. The summed E-state index contributed by atoms with van der Waals surface area (Å²) in [5.74, 6) is 1.71. The first-order valence-electron chi connectivity index (χ1n) is 7.97. The third-order valence-corrected chi connectivity index (χ3v) is 5.15. The molecule has 9 heteroatoms. The van der Waals surface area contributed by atoms with Crippen LogP contribution in [0.4, 0.5) is 5.82 Å². The molecule has 1 aliphatic heterocycles. The Morgan fingerprint density at radius 2 is 1.92 bits per heavy atom. The summed E-state index contributed by atoms with van der Waals surface area (Å²) in [5, 5.41) is 0. The molecule has 0 aliphatic carbocycles. The Bertz CT molecular complexity index is 868. The summed E-state index contributed by atoms with van der Waals surface area (Å²) < 4.78 is 1.84. The van der Waals surface area contributed by atoms with Crippen LogP contribution in [-0.2, 0) is 0 Å². The topological polar surface area (TPSA) is 80.0 Å². The number of anilines is 1. The van der Waals surface area contributed by atoms with Crippen LogP contribution in [0.1, 0.15) is 15.4 Å². The van der Waals surface area contributed by atoms with Gasteiger partial charge in [0, 0.05) is 44.6 Å². The molecular weight excluding hydrogens is 338 g/mol. The lowest BCUT2D eigenvalue weighted by molar-refractivity contribution is 0.0750. The van der Waals surface area contributed by atoms with Crippen molar-refractivity contribution in [3.8, 4) is 5.82 Å². The van der Waals surface area contributed by atoms with Crippen molar-refractivity contribution in [1.29, 1.82) is 0 Å². The largest absolute Gasteiger partial charge is 0.353 e. The summed E-state index contributed by atoms with van der Waals surface area (Å²) in [6, 6.07) is 1.94. The normalized spacial score (nSPS) is 14.8. The molecule has 0 N–H and O–H groups in total. The first kappa shape index (κ1) is 15.7. The lowest BCUT2D eigenvalue weighted by Gasteiger charge is -2.35. The van der Waals surface area contributed by atoms with Crippen molar-refractivity contribution in [2.75, 3.05) is 31.1 Å². The van der Waals surface area contributed by atoms with E-state index in [0.29, 0.717) is 13.1 Å². The maximum atomic E-state index is 12.6. The summed E-state index contributed by atoms with van der Waals surface area (Å²) in [4.78, 5) is 34.2. The van der Waals surface area contributed by atoms with E-state index in [1.807, 2.05) is 28.7 Å². The molecule has 4 rings (SSSR count).